The van der Waals surface area contributed by atoms with E-state index < -0.39 is 6.09 Å². The normalized spacial score (nSPS) is 15.4. The second-order valence-corrected chi connectivity index (χ2v) is 11.3. The van der Waals surface area contributed by atoms with Crippen molar-refractivity contribution in [1.82, 2.24) is 10.2 Å². The molecule has 1 saturated heterocycles. The van der Waals surface area contributed by atoms with Gasteiger partial charge in [0.2, 0.25) is 6.79 Å². The van der Waals surface area contributed by atoms with Crippen LogP contribution in [0.1, 0.15) is 45.1 Å². The number of halogens is 2. The van der Waals surface area contributed by atoms with E-state index in [4.69, 9.17) is 37.4 Å². The summed E-state index contributed by atoms with van der Waals surface area (Å²) < 4.78 is 16.7. The van der Waals surface area contributed by atoms with Gasteiger partial charge in [-0.1, -0.05) is 49.2 Å². The number of ether oxygens (including phenoxy) is 3. The first-order valence-corrected chi connectivity index (χ1v) is 14.9. The highest BCUT2D eigenvalue weighted by atomic mass is 35.5. The van der Waals surface area contributed by atoms with Crippen molar-refractivity contribution in [3.8, 4) is 5.75 Å². The monoisotopic (exact) mass is 590 g/mol. The number of carbonyl (C=O) groups excluding carboxylic acids is 1. The molecule has 0 aromatic heterocycles. The number of hydrogen-bond donors (Lipinski definition) is 1. The first-order valence-electron chi connectivity index (χ1n) is 14.2. The van der Waals surface area contributed by atoms with Crippen LogP contribution in [0.2, 0.25) is 10.0 Å². The lowest BCUT2D eigenvalue weighted by molar-refractivity contribution is 0.0504. The molecule has 8 nitrogen and oxygen atoms in total. The van der Waals surface area contributed by atoms with Gasteiger partial charge < -0.3 is 24.4 Å². The zero-order chi connectivity index (χ0) is 28.3. The number of anilines is 1. The molecule has 40 heavy (non-hydrogen) atoms. The standard InChI is InChI=1S/C30H40Cl2N4O4/c1-22(2)12-13-33-30(37)40-21-39-28-11-9-23-8-10-24(20-26(23)34-28)38-19-4-3-14-35-15-17-36(18-16-35)27-7-5-6-25(31)29(27)32/h5-8,10,20,22H,3-4,9,11-19,21H2,1-2H3,(H,33,37). The molecule has 1 amide bonds. The summed E-state index contributed by atoms with van der Waals surface area (Å²) in [5.74, 6) is 1.89. The van der Waals surface area contributed by atoms with Crippen LogP contribution >= 0.6 is 23.2 Å². The van der Waals surface area contributed by atoms with Gasteiger partial charge in [-0.25, -0.2) is 9.79 Å². The Labute approximate surface area is 247 Å². The average Bonchev–Trinajstić information content (AvgIpc) is 2.94. The molecule has 1 fully saturated rings. The number of fused-ring (bicyclic) bond motifs is 1. The second-order valence-electron chi connectivity index (χ2n) is 10.6. The Balaban J connectivity index is 1.12. The van der Waals surface area contributed by atoms with Crippen molar-refractivity contribution in [3.63, 3.8) is 0 Å². The van der Waals surface area contributed by atoms with Crippen molar-refractivity contribution in [2.24, 2.45) is 10.9 Å². The van der Waals surface area contributed by atoms with Gasteiger partial charge in [0.05, 0.1) is 28.0 Å². The number of rotatable bonds is 12. The first-order chi connectivity index (χ1) is 19.4. The number of amides is 1. The quantitative estimate of drug-likeness (QED) is 0.219. The van der Waals surface area contributed by atoms with Crippen LogP contribution in [0.25, 0.3) is 0 Å². The maximum absolute atomic E-state index is 11.8. The number of aryl methyl sites for hydroxylation is 1. The highest BCUT2D eigenvalue weighted by Crippen LogP contribution is 2.33. The maximum Gasteiger partial charge on any atom is 0.410 e. The Morgan fingerprint density at radius 2 is 1.88 bits per heavy atom. The van der Waals surface area contributed by atoms with E-state index in [1.807, 2.05) is 30.3 Å². The van der Waals surface area contributed by atoms with Crippen LogP contribution in [-0.2, 0) is 15.9 Å². The number of carbonyl (C=O) groups is 1. The van der Waals surface area contributed by atoms with Crippen molar-refractivity contribution in [2.45, 2.75) is 46.0 Å². The molecule has 2 aliphatic heterocycles. The Morgan fingerprint density at radius 1 is 1.05 bits per heavy atom. The van der Waals surface area contributed by atoms with Crippen LogP contribution in [0, 0.1) is 5.92 Å². The Bertz CT molecular complexity index is 1150. The molecule has 2 aliphatic rings. The van der Waals surface area contributed by atoms with Crippen molar-refractivity contribution in [3.05, 3.63) is 52.0 Å². The maximum atomic E-state index is 11.8. The highest BCUT2D eigenvalue weighted by Gasteiger charge is 2.19. The van der Waals surface area contributed by atoms with Gasteiger partial charge in [0.1, 0.15) is 5.75 Å². The van der Waals surface area contributed by atoms with E-state index in [0.717, 1.165) is 81.1 Å². The first kappa shape index (κ1) is 30.3. The van der Waals surface area contributed by atoms with E-state index in [0.29, 0.717) is 41.4 Å². The lowest BCUT2D eigenvalue weighted by atomic mass is 10.0. The smallest absolute Gasteiger partial charge is 0.410 e. The summed E-state index contributed by atoms with van der Waals surface area (Å²) >= 11 is 12.6. The molecule has 0 aliphatic carbocycles. The van der Waals surface area contributed by atoms with Crippen LogP contribution in [0.3, 0.4) is 0 Å². The molecule has 0 atom stereocenters. The van der Waals surface area contributed by atoms with E-state index in [1.54, 1.807) is 0 Å². The molecule has 0 unspecified atom stereocenters. The lowest BCUT2D eigenvalue weighted by Crippen LogP contribution is -2.46. The fraction of sp³-hybridized carbons (Fsp3) is 0.533. The van der Waals surface area contributed by atoms with E-state index in [9.17, 15) is 4.79 Å². The van der Waals surface area contributed by atoms with E-state index in [-0.39, 0.29) is 6.79 Å². The molecule has 0 saturated carbocycles. The van der Waals surface area contributed by atoms with Crippen LogP contribution in [-0.4, -0.2) is 69.6 Å². The number of hydrogen-bond acceptors (Lipinski definition) is 7. The Morgan fingerprint density at radius 3 is 2.67 bits per heavy atom. The molecule has 0 radical (unpaired) electrons. The lowest BCUT2D eigenvalue weighted by Gasteiger charge is -2.36. The molecule has 4 rings (SSSR count). The Kier molecular flexibility index (Phi) is 11.6. The summed E-state index contributed by atoms with van der Waals surface area (Å²) in [6.45, 7) is 10.2. The van der Waals surface area contributed by atoms with Gasteiger partial charge in [0.15, 0.2) is 5.90 Å². The zero-order valence-electron chi connectivity index (χ0n) is 23.5. The van der Waals surface area contributed by atoms with E-state index >= 15 is 0 Å². The van der Waals surface area contributed by atoms with Gasteiger partial charge in [-0.2, -0.15) is 0 Å². The third-order valence-corrected chi connectivity index (χ3v) is 7.91. The fourth-order valence-electron chi connectivity index (χ4n) is 4.73. The number of piperazine rings is 1. The number of unbranched alkanes of at least 4 members (excludes halogenated alkanes) is 1. The summed E-state index contributed by atoms with van der Waals surface area (Å²) in [7, 11) is 0. The topological polar surface area (TPSA) is 75.6 Å². The summed E-state index contributed by atoms with van der Waals surface area (Å²) in [6.07, 6.45) is 3.98. The molecule has 10 heteroatoms. The van der Waals surface area contributed by atoms with Crippen LogP contribution in [0.5, 0.6) is 5.75 Å². The minimum Gasteiger partial charge on any atom is -0.494 e. The van der Waals surface area contributed by atoms with Crippen molar-refractivity contribution >= 4 is 46.6 Å². The van der Waals surface area contributed by atoms with Gasteiger partial charge in [0.25, 0.3) is 0 Å². The molecular formula is C30H40Cl2N4O4. The third kappa shape index (κ3) is 9.18. The van der Waals surface area contributed by atoms with Crippen LogP contribution in [0.15, 0.2) is 41.4 Å². The summed E-state index contributed by atoms with van der Waals surface area (Å²) in [5, 5.41) is 3.96. The Hall–Kier alpha value is -2.68. The SMILES string of the molecule is CC(C)CCNC(=O)OCOC1=Nc2cc(OCCCCN3CCN(c4cccc(Cl)c4Cl)CC3)ccc2CC1. The van der Waals surface area contributed by atoms with Crippen LogP contribution in [0.4, 0.5) is 16.2 Å². The largest absolute Gasteiger partial charge is 0.494 e. The van der Waals surface area contributed by atoms with Gasteiger partial charge in [-0.15, -0.1) is 0 Å². The average molecular weight is 592 g/mol. The molecular weight excluding hydrogens is 551 g/mol. The molecule has 218 valence electrons. The summed E-state index contributed by atoms with van der Waals surface area (Å²) in [4.78, 5) is 21.2. The van der Waals surface area contributed by atoms with Gasteiger partial charge >= 0.3 is 6.09 Å². The summed E-state index contributed by atoms with van der Waals surface area (Å²) in [5.41, 5.74) is 3.02. The van der Waals surface area contributed by atoms with Crippen molar-refractivity contribution in [1.29, 1.82) is 0 Å². The number of aliphatic imine (C=N–C) groups is 1. The number of alkyl carbamates (subject to hydrolysis) is 1. The highest BCUT2D eigenvalue weighted by molar-refractivity contribution is 6.43. The molecule has 0 bridgehead atoms. The summed E-state index contributed by atoms with van der Waals surface area (Å²) in [6, 6.07) is 11.8. The van der Waals surface area contributed by atoms with Crippen molar-refractivity contribution < 1.29 is 19.0 Å². The molecule has 2 aromatic carbocycles. The van der Waals surface area contributed by atoms with Gasteiger partial charge in [-0.05, 0) is 61.9 Å². The fourth-order valence-corrected chi connectivity index (χ4v) is 5.14. The minimum atomic E-state index is -0.474. The number of nitrogens with zero attached hydrogens (tertiary/aromatic N) is 3. The zero-order valence-corrected chi connectivity index (χ0v) is 25.0. The van der Waals surface area contributed by atoms with E-state index in [1.165, 1.54) is 0 Å². The molecule has 1 N–H and O–H groups in total. The van der Waals surface area contributed by atoms with Crippen molar-refractivity contribution in [2.75, 3.05) is 57.6 Å². The predicted octanol–water partition coefficient (Wildman–Crippen LogP) is 6.70. The molecule has 2 heterocycles. The second kappa shape index (κ2) is 15.4. The molecule has 2 aromatic rings. The third-order valence-electron chi connectivity index (χ3n) is 7.10. The number of nitrogens with one attached hydrogen (secondary N) is 1. The van der Waals surface area contributed by atoms with Crippen LogP contribution < -0.4 is 15.0 Å². The predicted molar refractivity (Wildman–Crippen MR) is 162 cm³/mol. The molecule has 0 spiro atoms. The van der Waals surface area contributed by atoms with Gasteiger partial charge in [0, 0.05) is 45.2 Å². The van der Waals surface area contributed by atoms with Gasteiger partial charge in [-0.3, -0.25) is 4.90 Å². The van der Waals surface area contributed by atoms with E-state index in [2.05, 4.69) is 40.0 Å². The minimum absolute atomic E-state index is 0.152. The number of benzene rings is 2.